The first-order valence-electron chi connectivity index (χ1n) is 10.5. The summed E-state index contributed by atoms with van der Waals surface area (Å²) in [6.07, 6.45) is 2.89. The van der Waals surface area contributed by atoms with Crippen LogP contribution in [0.15, 0.2) is 76.1 Å². The largest absolute Gasteiger partial charge is 0.488 e. The number of benzene rings is 3. The van der Waals surface area contributed by atoms with Crippen molar-refractivity contribution in [2.24, 2.45) is 0 Å². The molecule has 4 nitrogen and oxygen atoms in total. The Kier molecular flexibility index (Phi) is 7.22. The van der Waals surface area contributed by atoms with Gasteiger partial charge in [0.2, 0.25) is 0 Å². The summed E-state index contributed by atoms with van der Waals surface area (Å²) in [6.45, 7) is 4.67. The van der Waals surface area contributed by atoms with Crippen molar-refractivity contribution >= 4 is 45.4 Å². The third-order valence-corrected chi connectivity index (χ3v) is 6.65. The fraction of sp³-hybridized carbons (Fsp3) is 0.192. The number of ether oxygens (including phenoxy) is 1. The number of halogens is 1. The zero-order chi connectivity index (χ0) is 22.5. The van der Waals surface area contributed by atoms with Crippen LogP contribution in [-0.2, 0) is 17.8 Å². The van der Waals surface area contributed by atoms with Crippen molar-refractivity contribution in [2.75, 3.05) is 5.32 Å². The number of amides is 1. The highest BCUT2D eigenvalue weighted by Gasteiger charge is 2.27. The summed E-state index contributed by atoms with van der Waals surface area (Å²) in [5.74, 6) is 0.643. The lowest BCUT2D eigenvalue weighted by Crippen LogP contribution is -2.30. The standard InChI is InChI=1S/C26H25BrN2O2S/c1-3-18-7-10-22(11-8-18)28-26-29-25(30)24(32-26)15-20-14-21(27)9-12-23(20)31-16-19-6-4-5-17(2)13-19/h4-15,26,28H,3,16H2,1-2H3,(H,29,30)/b24-15-/t26-/m1/s1. The average Bonchev–Trinajstić information content (AvgIpc) is 3.12. The highest BCUT2D eigenvalue weighted by molar-refractivity contribution is 9.10. The van der Waals surface area contributed by atoms with Crippen LogP contribution < -0.4 is 15.4 Å². The number of carbonyl (C=O) groups excluding carboxylic acids is 1. The van der Waals surface area contributed by atoms with E-state index < -0.39 is 0 Å². The molecule has 1 atom stereocenters. The summed E-state index contributed by atoms with van der Waals surface area (Å²) in [7, 11) is 0. The fourth-order valence-electron chi connectivity index (χ4n) is 3.42. The van der Waals surface area contributed by atoms with Crippen LogP contribution in [0.3, 0.4) is 0 Å². The molecule has 1 saturated heterocycles. The van der Waals surface area contributed by atoms with Gasteiger partial charge in [-0.05, 0) is 60.9 Å². The minimum absolute atomic E-state index is 0.0951. The Morgan fingerprint density at radius 3 is 2.66 bits per heavy atom. The van der Waals surface area contributed by atoms with Gasteiger partial charge in [0.25, 0.3) is 5.91 Å². The number of rotatable bonds is 7. The molecule has 4 rings (SSSR count). The zero-order valence-electron chi connectivity index (χ0n) is 18.0. The van der Waals surface area contributed by atoms with Crippen LogP contribution in [0.4, 0.5) is 5.69 Å². The van der Waals surface area contributed by atoms with E-state index in [4.69, 9.17) is 4.74 Å². The number of hydrogen-bond acceptors (Lipinski definition) is 4. The molecule has 0 radical (unpaired) electrons. The van der Waals surface area contributed by atoms with Crippen molar-refractivity contribution < 1.29 is 9.53 Å². The molecule has 0 aromatic heterocycles. The monoisotopic (exact) mass is 508 g/mol. The van der Waals surface area contributed by atoms with Gasteiger partial charge >= 0.3 is 0 Å². The van der Waals surface area contributed by atoms with Crippen molar-refractivity contribution in [2.45, 2.75) is 32.4 Å². The predicted octanol–water partition coefficient (Wildman–Crippen LogP) is 6.50. The molecular weight excluding hydrogens is 484 g/mol. The smallest absolute Gasteiger partial charge is 0.260 e. The molecule has 0 spiro atoms. The predicted molar refractivity (Wildman–Crippen MR) is 137 cm³/mol. The maximum absolute atomic E-state index is 12.6. The molecule has 0 bridgehead atoms. The molecule has 0 aliphatic carbocycles. The first-order chi connectivity index (χ1) is 15.5. The molecule has 3 aromatic carbocycles. The minimum atomic E-state index is -0.218. The molecule has 1 aliphatic rings. The Morgan fingerprint density at radius 1 is 1.09 bits per heavy atom. The maximum atomic E-state index is 12.6. The van der Waals surface area contributed by atoms with E-state index in [9.17, 15) is 4.79 Å². The SMILES string of the molecule is CCc1ccc(N[C@@H]2NC(=O)/C(=C/c3cc(Br)ccc3OCc3cccc(C)c3)S2)cc1. The number of nitrogens with one attached hydrogen (secondary N) is 2. The van der Waals surface area contributed by atoms with Gasteiger partial charge in [-0.25, -0.2) is 0 Å². The first kappa shape index (κ1) is 22.5. The molecule has 1 aliphatic heterocycles. The summed E-state index contributed by atoms with van der Waals surface area (Å²) in [4.78, 5) is 13.2. The van der Waals surface area contributed by atoms with E-state index >= 15 is 0 Å². The second kappa shape index (κ2) is 10.3. The second-order valence-electron chi connectivity index (χ2n) is 7.63. The van der Waals surface area contributed by atoms with E-state index in [1.165, 1.54) is 22.9 Å². The molecule has 6 heteroatoms. The van der Waals surface area contributed by atoms with Gasteiger partial charge in [0.15, 0.2) is 5.50 Å². The lowest BCUT2D eigenvalue weighted by atomic mass is 10.1. The van der Waals surface area contributed by atoms with Gasteiger partial charge in [-0.2, -0.15) is 0 Å². The first-order valence-corrected chi connectivity index (χ1v) is 12.2. The topological polar surface area (TPSA) is 50.4 Å². The summed E-state index contributed by atoms with van der Waals surface area (Å²) < 4.78 is 7.03. The number of thioether (sulfide) groups is 1. The van der Waals surface area contributed by atoms with Gasteiger partial charge in [-0.3, -0.25) is 4.79 Å². The Labute approximate surface area is 201 Å². The van der Waals surface area contributed by atoms with E-state index in [1.54, 1.807) is 0 Å². The van der Waals surface area contributed by atoms with E-state index in [1.807, 2.05) is 48.5 Å². The quantitative estimate of drug-likeness (QED) is 0.357. The summed E-state index contributed by atoms with van der Waals surface area (Å²) >= 11 is 5.00. The van der Waals surface area contributed by atoms with Crippen molar-refractivity contribution in [3.8, 4) is 5.75 Å². The van der Waals surface area contributed by atoms with Gasteiger partial charge in [0.05, 0.1) is 4.91 Å². The summed E-state index contributed by atoms with van der Waals surface area (Å²) in [6, 6.07) is 22.4. The van der Waals surface area contributed by atoms with Crippen LogP contribution in [0.5, 0.6) is 5.75 Å². The van der Waals surface area contributed by atoms with Crippen molar-refractivity contribution in [1.82, 2.24) is 5.32 Å². The highest BCUT2D eigenvalue weighted by Crippen LogP contribution is 2.33. The summed E-state index contributed by atoms with van der Waals surface area (Å²) in [5, 5.41) is 6.36. The Morgan fingerprint density at radius 2 is 1.91 bits per heavy atom. The van der Waals surface area contributed by atoms with Gasteiger partial charge in [-0.1, -0.05) is 76.6 Å². The minimum Gasteiger partial charge on any atom is -0.488 e. The molecular formula is C26H25BrN2O2S. The molecule has 164 valence electrons. The van der Waals surface area contributed by atoms with E-state index in [-0.39, 0.29) is 11.4 Å². The Bertz CT molecular complexity index is 1140. The third-order valence-electron chi connectivity index (χ3n) is 5.13. The van der Waals surface area contributed by atoms with Crippen molar-refractivity contribution in [1.29, 1.82) is 0 Å². The van der Waals surface area contributed by atoms with Gasteiger partial charge in [0, 0.05) is 15.7 Å². The van der Waals surface area contributed by atoms with Gasteiger partial charge < -0.3 is 15.4 Å². The van der Waals surface area contributed by atoms with Crippen LogP contribution in [0, 0.1) is 6.92 Å². The van der Waals surface area contributed by atoms with E-state index in [0.717, 1.165) is 33.5 Å². The zero-order valence-corrected chi connectivity index (χ0v) is 20.4. The number of carbonyl (C=O) groups is 1. The molecule has 2 N–H and O–H groups in total. The van der Waals surface area contributed by atoms with Crippen molar-refractivity contribution in [3.05, 3.63) is 98.4 Å². The third kappa shape index (κ3) is 5.75. The second-order valence-corrected chi connectivity index (χ2v) is 9.70. The highest BCUT2D eigenvalue weighted by atomic mass is 79.9. The van der Waals surface area contributed by atoms with Gasteiger partial charge in [0.1, 0.15) is 12.4 Å². The molecule has 0 unspecified atom stereocenters. The number of anilines is 1. The lowest BCUT2D eigenvalue weighted by Gasteiger charge is -2.13. The Hall–Kier alpha value is -2.70. The van der Waals surface area contributed by atoms with Crippen LogP contribution in [-0.4, -0.2) is 11.4 Å². The van der Waals surface area contributed by atoms with Gasteiger partial charge in [-0.15, -0.1) is 0 Å². The lowest BCUT2D eigenvalue weighted by molar-refractivity contribution is -0.116. The normalized spacial score (nSPS) is 16.8. The molecule has 3 aromatic rings. The van der Waals surface area contributed by atoms with Crippen LogP contribution in [0.1, 0.15) is 29.2 Å². The number of aryl methyl sites for hydroxylation is 2. The van der Waals surface area contributed by atoms with Crippen LogP contribution in [0.2, 0.25) is 0 Å². The molecule has 1 heterocycles. The van der Waals surface area contributed by atoms with Crippen LogP contribution in [0.25, 0.3) is 6.08 Å². The Balaban J connectivity index is 1.48. The molecule has 1 fully saturated rings. The van der Waals surface area contributed by atoms with E-state index in [0.29, 0.717) is 11.5 Å². The summed E-state index contributed by atoms with van der Waals surface area (Å²) in [5.41, 5.74) is 5.21. The van der Waals surface area contributed by atoms with E-state index in [2.05, 4.69) is 64.7 Å². The maximum Gasteiger partial charge on any atom is 0.260 e. The van der Waals surface area contributed by atoms with Crippen LogP contribution >= 0.6 is 27.7 Å². The fourth-order valence-corrected chi connectivity index (χ4v) is 4.78. The molecule has 1 amide bonds. The average molecular weight is 509 g/mol. The van der Waals surface area contributed by atoms with Crippen molar-refractivity contribution in [3.63, 3.8) is 0 Å². The number of hydrogen-bond donors (Lipinski definition) is 2. The molecule has 32 heavy (non-hydrogen) atoms. The molecule has 0 saturated carbocycles.